The molecule has 29 heavy (non-hydrogen) atoms. The van der Waals surface area contributed by atoms with E-state index in [1.807, 2.05) is 24.3 Å². The predicted molar refractivity (Wildman–Crippen MR) is 115 cm³/mol. The maximum atomic E-state index is 12.7. The zero-order chi connectivity index (χ0) is 20.3. The van der Waals surface area contributed by atoms with Crippen molar-refractivity contribution in [1.82, 2.24) is 4.31 Å². The van der Waals surface area contributed by atoms with Gasteiger partial charge in [0.05, 0.1) is 19.2 Å². The molecule has 0 spiro atoms. The standard InChI is InChI=1S/C19H22N4O4S.ClH/c1-27-18(24)10-11-22-12-13-23(28(22,25)26)17-8-6-15(7-9-17)14-2-4-16(5-3-14)19(20)21;/h2-9H,10-13H2,1H3,(H3,20,21);1H. The molecule has 0 bridgehead atoms. The van der Waals surface area contributed by atoms with Gasteiger partial charge in [-0.2, -0.15) is 12.7 Å². The first-order chi connectivity index (χ1) is 13.3. The molecule has 0 aromatic heterocycles. The van der Waals surface area contributed by atoms with Gasteiger partial charge in [-0.25, -0.2) is 0 Å². The number of amidine groups is 1. The molecular formula is C19H23ClN4O4S. The number of esters is 1. The van der Waals surface area contributed by atoms with Crippen LogP contribution in [-0.2, 0) is 19.7 Å². The molecule has 3 rings (SSSR count). The summed E-state index contributed by atoms with van der Waals surface area (Å²) in [6.45, 7) is 0.760. The monoisotopic (exact) mass is 438 g/mol. The number of nitrogen functional groups attached to an aromatic ring is 1. The van der Waals surface area contributed by atoms with Crippen LogP contribution in [0.1, 0.15) is 12.0 Å². The van der Waals surface area contributed by atoms with Crippen molar-refractivity contribution in [3.05, 3.63) is 54.1 Å². The lowest BCUT2D eigenvalue weighted by atomic mass is 10.0. The zero-order valence-corrected chi connectivity index (χ0v) is 17.5. The van der Waals surface area contributed by atoms with Gasteiger partial charge in [-0.3, -0.25) is 14.5 Å². The number of carbonyl (C=O) groups excluding carboxylic acids is 1. The Balaban J connectivity index is 0.00000300. The Morgan fingerprint density at radius 3 is 2.14 bits per heavy atom. The Morgan fingerprint density at radius 2 is 1.62 bits per heavy atom. The van der Waals surface area contributed by atoms with Gasteiger partial charge in [-0.05, 0) is 23.3 Å². The number of rotatable bonds is 6. The van der Waals surface area contributed by atoms with Crippen molar-refractivity contribution < 1.29 is 17.9 Å². The smallest absolute Gasteiger partial charge is 0.306 e. The molecule has 1 aliphatic rings. The number of hydrogen-bond acceptors (Lipinski definition) is 5. The van der Waals surface area contributed by atoms with E-state index in [1.165, 1.54) is 15.7 Å². The first-order valence-electron chi connectivity index (χ1n) is 8.72. The highest BCUT2D eigenvalue weighted by Crippen LogP contribution is 2.28. The fraction of sp³-hybridized carbons (Fsp3) is 0.263. The Bertz CT molecular complexity index is 978. The van der Waals surface area contributed by atoms with Gasteiger partial charge in [0.15, 0.2) is 0 Å². The molecule has 1 heterocycles. The van der Waals surface area contributed by atoms with Crippen LogP contribution >= 0.6 is 12.4 Å². The zero-order valence-electron chi connectivity index (χ0n) is 15.9. The van der Waals surface area contributed by atoms with Crippen molar-refractivity contribution in [2.75, 3.05) is 31.0 Å². The van der Waals surface area contributed by atoms with E-state index < -0.39 is 16.2 Å². The van der Waals surface area contributed by atoms with E-state index in [4.69, 9.17) is 11.1 Å². The molecule has 2 aromatic carbocycles. The van der Waals surface area contributed by atoms with Gasteiger partial charge in [0, 0.05) is 25.2 Å². The molecular weight excluding hydrogens is 416 g/mol. The molecule has 0 aliphatic carbocycles. The predicted octanol–water partition coefficient (Wildman–Crippen LogP) is 1.99. The molecule has 0 atom stereocenters. The Morgan fingerprint density at radius 1 is 1.07 bits per heavy atom. The summed E-state index contributed by atoms with van der Waals surface area (Å²) < 4.78 is 32.6. The lowest BCUT2D eigenvalue weighted by Crippen LogP contribution is -2.34. The SMILES string of the molecule is COC(=O)CCN1CCN(c2ccc(-c3ccc(C(=N)N)cc3)cc2)S1(=O)=O.Cl. The van der Waals surface area contributed by atoms with Crippen LogP contribution in [0.25, 0.3) is 11.1 Å². The highest BCUT2D eigenvalue weighted by molar-refractivity contribution is 7.90. The third kappa shape index (κ3) is 4.87. The van der Waals surface area contributed by atoms with Crippen LogP contribution in [0.5, 0.6) is 0 Å². The lowest BCUT2D eigenvalue weighted by molar-refractivity contribution is -0.140. The average molecular weight is 439 g/mol. The largest absolute Gasteiger partial charge is 0.469 e. The lowest BCUT2D eigenvalue weighted by Gasteiger charge is -2.20. The van der Waals surface area contributed by atoms with Gasteiger partial charge in [-0.1, -0.05) is 36.4 Å². The minimum Gasteiger partial charge on any atom is -0.469 e. The second kappa shape index (κ2) is 9.25. The molecule has 156 valence electrons. The number of nitrogens with one attached hydrogen (secondary N) is 1. The van der Waals surface area contributed by atoms with Gasteiger partial charge in [-0.15, -0.1) is 12.4 Å². The number of carbonyl (C=O) groups is 1. The molecule has 10 heteroatoms. The third-order valence-corrected chi connectivity index (χ3v) is 6.60. The van der Waals surface area contributed by atoms with E-state index in [2.05, 4.69) is 4.74 Å². The quantitative estimate of drug-likeness (QED) is 0.406. The summed E-state index contributed by atoms with van der Waals surface area (Å²) >= 11 is 0. The summed E-state index contributed by atoms with van der Waals surface area (Å²) in [5, 5.41) is 7.44. The summed E-state index contributed by atoms with van der Waals surface area (Å²) in [4.78, 5) is 11.3. The fourth-order valence-corrected chi connectivity index (χ4v) is 4.66. The van der Waals surface area contributed by atoms with Gasteiger partial charge in [0.2, 0.25) is 0 Å². The first kappa shape index (κ1) is 22.7. The molecule has 1 aliphatic heterocycles. The molecule has 0 saturated carbocycles. The highest BCUT2D eigenvalue weighted by atomic mass is 35.5. The van der Waals surface area contributed by atoms with E-state index in [0.717, 1.165) is 11.1 Å². The first-order valence-corrected chi connectivity index (χ1v) is 10.1. The van der Waals surface area contributed by atoms with Crippen LogP contribution in [0.2, 0.25) is 0 Å². The van der Waals surface area contributed by atoms with E-state index in [0.29, 0.717) is 24.3 Å². The van der Waals surface area contributed by atoms with Crippen molar-refractivity contribution in [3.8, 4) is 11.1 Å². The average Bonchev–Trinajstić information content (AvgIpc) is 3.00. The van der Waals surface area contributed by atoms with Crippen molar-refractivity contribution in [3.63, 3.8) is 0 Å². The molecule has 0 radical (unpaired) electrons. The van der Waals surface area contributed by atoms with E-state index in [9.17, 15) is 13.2 Å². The molecule has 0 unspecified atom stereocenters. The normalized spacial score (nSPS) is 15.6. The minimum absolute atomic E-state index is 0. The maximum absolute atomic E-state index is 12.7. The van der Waals surface area contributed by atoms with E-state index in [-0.39, 0.29) is 31.2 Å². The second-order valence-electron chi connectivity index (χ2n) is 6.34. The summed E-state index contributed by atoms with van der Waals surface area (Å²) in [5.74, 6) is -0.424. The van der Waals surface area contributed by atoms with Gasteiger partial charge < -0.3 is 10.5 Å². The molecule has 0 amide bonds. The minimum atomic E-state index is -3.66. The van der Waals surface area contributed by atoms with Crippen LogP contribution in [-0.4, -0.2) is 51.3 Å². The molecule has 2 aromatic rings. The number of hydrogen-bond donors (Lipinski definition) is 2. The Kier molecular flexibility index (Phi) is 7.23. The van der Waals surface area contributed by atoms with Crippen LogP contribution in [0.4, 0.5) is 5.69 Å². The van der Waals surface area contributed by atoms with Crippen LogP contribution in [0.15, 0.2) is 48.5 Å². The summed E-state index contributed by atoms with van der Waals surface area (Å²) in [6, 6.07) is 14.5. The summed E-state index contributed by atoms with van der Waals surface area (Å²) in [7, 11) is -2.38. The topological polar surface area (TPSA) is 117 Å². The number of halogens is 1. The second-order valence-corrected chi connectivity index (χ2v) is 8.20. The van der Waals surface area contributed by atoms with Gasteiger partial charge in [0.1, 0.15) is 5.84 Å². The summed E-state index contributed by atoms with van der Waals surface area (Å²) in [6.07, 6.45) is 0.0266. The van der Waals surface area contributed by atoms with Gasteiger partial charge >= 0.3 is 16.2 Å². The number of ether oxygens (including phenoxy) is 1. The van der Waals surface area contributed by atoms with E-state index >= 15 is 0 Å². The van der Waals surface area contributed by atoms with Gasteiger partial charge in [0.25, 0.3) is 0 Å². The van der Waals surface area contributed by atoms with Crippen LogP contribution < -0.4 is 10.0 Å². The van der Waals surface area contributed by atoms with Crippen molar-refractivity contribution in [2.45, 2.75) is 6.42 Å². The van der Waals surface area contributed by atoms with Crippen molar-refractivity contribution >= 4 is 40.1 Å². The third-order valence-electron chi connectivity index (χ3n) is 4.63. The molecule has 1 fully saturated rings. The number of anilines is 1. The number of methoxy groups -OCH3 is 1. The molecule has 3 N–H and O–H groups in total. The molecule has 8 nitrogen and oxygen atoms in total. The van der Waals surface area contributed by atoms with Crippen molar-refractivity contribution in [1.29, 1.82) is 5.41 Å². The fourth-order valence-electron chi connectivity index (χ4n) is 3.04. The molecule has 1 saturated heterocycles. The Labute approximate surface area is 176 Å². The van der Waals surface area contributed by atoms with E-state index in [1.54, 1.807) is 24.3 Å². The van der Waals surface area contributed by atoms with Crippen LogP contribution in [0, 0.1) is 5.41 Å². The Hall–Kier alpha value is -2.62. The van der Waals surface area contributed by atoms with Crippen LogP contribution in [0.3, 0.4) is 0 Å². The number of benzene rings is 2. The number of nitrogens with two attached hydrogens (primary N) is 1. The maximum Gasteiger partial charge on any atom is 0.306 e. The van der Waals surface area contributed by atoms with Crippen molar-refractivity contribution in [2.24, 2.45) is 5.73 Å². The number of nitrogens with zero attached hydrogens (tertiary/aromatic N) is 2. The summed E-state index contributed by atoms with van der Waals surface area (Å²) in [5.41, 5.74) is 8.56. The highest BCUT2D eigenvalue weighted by Gasteiger charge is 2.36.